The van der Waals surface area contributed by atoms with Gasteiger partial charge in [0.15, 0.2) is 6.10 Å². The van der Waals surface area contributed by atoms with E-state index in [4.69, 9.17) is 21.1 Å². The third-order valence-electron chi connectivity index (χ3n) is 2.82. The Morgan fingerprint density at radius 2 is 1.75 bits per heavy atom. The molecular formula is C16H15ClO3. The number of ether oxygens (including phenoxy) is 2. The van der Waals surface area contributed by atoms with E-state index in [0.717, 1.165) is 5.56 Å². The van der Waals surface area contributed by atoms with Gasteiger partial charge in [0.2, 0.25) is 0 Å². The minimum atomic E-state index is -0.677. The van der Waals surface area contributed by atoms with Gasteiger partial charge < -0.3 is 9.47 Å². The van der Waals surface area contributed by atoms with Gasteiger partial charge in [-0.15, -0.1) is 0 Å². The van der Waals surface area contributed by atoms with Crippen molar-refractivity contribution in [3.63, 3.8) is 0 Å². The Morgan fingerprint density at radius 3 is 2.35 bits per heavy atom. The molecule has 2 rings (SSSR count). The highest BCUT2D eigenvalue weighted by Gasteiger charge is 2.21. The van der Waals surface area contributed by atoms with Crippen molar-refractivity contribution in [2.45, 2.75) is 12.5 Å². The Bertz CT molecular complexity index is 552. The highest BCUT2D eigenvalue weighted by Crippen LogP contribution is 2.18. The maximum atomic E-state index is 11.8. The first-order valence-electron chi connectivity index (χ1n) is 6.23. The molecule has 104 valence electrons. The molecule has 4 heteroatoms. The fraction of sp³-hybridized carbons (Fsp3) is 0.188. The second kappa shape index (κ2) is 6.96. The highest BCUT2D eigenvalue weighted by molar-refractivity contribution is 6.30. The molecule has 0 heterocycles. The van der Waals surface area contributed by atoms with Crippen LogP contribution in [0.2, 0.25) is 5.02 Å². The molecule has 2 aromatic carbocycles. The van der Waals surface area contributed by atoms with Crippen LogP contribution in [0.25, 0.3) is 0 Å². The van der Waals surface area contributed by atoms with Crippen LogP contribution in [-0.2, 0) is 16.0 Å². The molecule has 0 aromatic heterocycles. The van der Waals surface area contributed by atoms with Crippen molar-refractivity contribution in [3.05, 3.63) is 65.2 Å². The fourth-order valence-corrected chi connectivity index (χ4v) is 1.94. The van der Waals surface area contributed by atoms with E-state index in [9.17, 15) is 4.79 Å². The second-order valence-corrected chi connectivity index (χ2v) is 4.71. The average molecular weight is 291 g/mol. The summed E-state index contributed by atoms with van der Waals surface area (Å²) in [6, 6.07) is 16.5. The Morgan fingerprint density at radius 1 is 1.10 bits per heavy atom. The van der Waals surface area contributed by atoms with Gasteiger partial charge in [-0.1, -0.05) is 41.9 Å². The van der Waals surface area contributed by atoms with Gasteiger partial charge in [0.05, 0.1) is 7.11 Å². The van der Waals surface area contributed by atoms with Crippen molar-refractivity contribution in [1.29, 1.82) is 0 Å². The van der Waals surface area contributed by atoms with Crippen LogP contribution in [0.4, 0.5) is 0 Å². The topological polar surface area (TPSA) is 35.5 Å². The summed E-state index contributed by atoms with van der Waals surface area (Å²) in [4.78, 5) is 11.8. The summed E-state index contributed by atoms with van der Waals surface area (Å²) in [5.74, 6) is 0.185. The molecule has 20 heavy (non-hydrogen) atoms. The molecule has 1 unspecified atom stereocenters. The Labute approximate surface area is 123 Å². The lowest BCUT2D eigenvalue weighted by Gasteiger charge is -2.17. The monoisotopic (exact) mass is 290 g/mol. The number of carbonyl (C=O) groups excluding carboxylic acids is 1. The first-order valence-corrected chi connectivity index (χ1v) is 6.61. The first-order chi connectivity index (χ1) is 9.69. The Kier molecular flexibility index (Phi) is 5.02. The predicted octanol–water partition coefficient (Wildman–Crippen LogP) is 3.50. The summed E-state index contributed by atoms with van der Waals surface area (Å²) >= 11 is 5.82. The number of esters is 1. The van der Waals surface area contributed by atoms with E-state index in [2.05, 4.69) is 0 Å². The summed E-state index contributed by atoms with van der Waals surface area (Å²) < 4.78 is 10.5. The quantitative estimate of drug-likeness (QED) is 0.791. The van der Waals surface area contributed by atoms with Gasteiger partial charge in [0.25, 0.3) is 0 Å². The van der Waals surface area contributed by atoms with E-state index >= 15 is 0 Å². The molecule has 0 aliphatic carbocycles. The minimum Gasteiger partial charge on any atom is -0.478 e. The molecule has 0 amide bonds. The summed E-state index contributed by atoms with van der Waals surface area (Å²) in [5.41, 5.74) is 1.01. The first kappa shape index (κ1) is 14.4. The van der Waals surface area contributed by atoms with Gasteiger partial charge in [-0.3, -0.25) is 0 Å². The molecule has 0 spiro atoms. The summed E-state index contributed by atoms with van der Waals surface area (Å²) in [6.45, 7) is 0. The SMILES string of the molecule is COC(=O)C(Cc1ccccc1)Oc1ccc(Cl)cc1. The van der Waals surface area contributed by atoms with E-state index < -0.39 is 12.1 Å². The maximum Gasteiger partial charge on any atom is 0.347 e. The lowest BCUT2D eigenvalue weighted by molar-refractivity contribution is -0.148. The normalized spacial score (nSPS) is 11.7. The molecular weight excluding hydrogens is 276 g/mol. The van der Waals surface area contributed by atoms with Crippen molar-refractivity contribution in [1.82, 2.24) is 0 Å². The standard InChI is InChI=1S/C16H15ClO3/c1-19-16(18)15(11-12-5-3-2-4-6-12)20-14-9-7-13(17)8-10-14/h2-10,15H,11H2,1H3. The third-order valence-corrected chi connectivity index (χ3v) is 3.07. The van der Waals surface area contributed by atoms with Gasteiger partial charge in [-0.25, -0.2) is 4.79 Å². The van der Waals surface area contributed by atoms with Crippen molar-refractivity contribution in [2.75, 3.05) is 7.11 Å². The zero-order valence-electron chi connectivity index (χ0n) is 11.1. The third kappa shape index (κ3) is 4.00. The molecule has 0 saturated heterocycles. The largest absolute Gasteiger partial charge is 0.478 e. The van der Waals surface area contributed by atoms with Crippen molar-refractivity contribution >= 4 is 17.6 Å². The molecule has 2 aromatic rings. The van der Waals surface area contributed by atoms with Crippen LogP contribution >= 0.6 is 11.6 Å². The van der Waals surface area contributed by atoms with E-state index in [-0.39, 0.29) is 0 Å². The molecule has 1 atom stereocenters. The molecule has 0 fully saturated rings. The van der Waals surface area contributed by atoms with Crippen LogP contribution in [0.1, 0.15) is 5.56 Å². The molecule has 3 nitrogen and oxygen atoms in total. The van der Waals surface area contributed by atoms with Crippen LogP contribution < -0.4 is 4.74 Å². The molecule has 0 aliphatic rings. The van der Waals surface area contributed by atoms with Crippen LogP contribution in [0.5, 0.6) is 5.75 Å². The van der Waals surface area contributed by atoms with Crippen LogP contribution in [0.15, 0.2) is 54.6 Å². The lowest BCUT2D eigenvalue weighted by atomic mass is 10.1. The van der Waals surface area contributed by atoms with Crippen LogP contribution in [0, 0.1) is 0 Å². The number of benzene rings is 2. The van der Waals surface area contributed by atoms with Gasteiger partial charge in [-0.05, 0) is 29.8 Å². The number of hydrogen-bond donors (Lipinski definition) is 0. The number of methoxy groups -OCH3 is 1. The van der Waals surface area contributed by atoms with Gasteiger partial charge in [-0.2, -0.15) is 0 Å². The average Bonchev–Trinajstić information content (AvgIpc) is 2.49. The van der Waals surface area contributed by atoms with Gasteiger partial charge in [0, 0.05) is 11.4 Å². The number of halogens is 1. The van der Waals surface area contributed by atoms with Crippen LogP contribution in [-0.4, -0.2) is 19.2 Å². The van der Waals surface area contributed by atoms with Crippen molar-refractivity contribution in [3.8, 4) is 5.75 Å². The molecule has 0 saturated carbocycles. The lowest BCUT2D eigenvalue weighted by Crippen LogP contribution is -2.30. The second-order valence-electron chi connectivity index (χ2n) is 4.27. The Hall–Kier alpha value is -2.00. The fourth-order valence-electron chi connectivity index (χ4n) is 1.81. The summed E-state index contributed by atoms with van der Waals surface area (Å²) in [5, 5.41) is 0.620. The summed E-state index contributed by atoms with van der Waals surface area (Å²) in [7, 11) is 1.35. The molecule has 0 bridgehead atoms. The van der Waals surface area contributed by atoms with Gasteiger partial charge >= 0.3 is 5.97 Å². The van der Waals surface area contributed by atoms with Gasteiger partial charge in [0.1, 0.15) is 5.75 Å². The molecule has 0 N–H and O–H groups in total. The van der Waals surface area contributed by atoms with Crippen LogP contribution in [0.3, 0.4) is 0 Å². The highest BCUT2D eigenvalue weighted by atomic mass is 35.5. The van der Waals surface area contributed by atoms with Crippen molar-refractivity contribution < 1.29 is 14.3 Å². The number of carbonyl (C=O) groups is 1. The molecule has 0 radical (unpaired) electrons. The number of rotatable bonds is 5. The summed E-state index contributed by atoms with van der Waals surface area (Å²) in [6.07, 6.45) is -0.223. The van der Waals surface area contributed by atoms with E-state index in [0.29, 0.717) is 17.2 Å². The predicted molar refractivity (Wildman–Crippen MR) is 78.0 cm³/mol. The van der Waals surface area contributed by atoms with E-state index in [1.807, 2.05) is 30.3 Å². The van der Waals surface area contributed by atoms with Crippen molar-refractivity contribution in [2.24, 2.45) is 0 Å². The number of hydrogen-bond acceptors (Lipinski definition) is 3. The zero-order valence-corrected chi connectivity index (χ0v) is 11.8. The Balaban J connectivity index is 2.11. The zero-order chi connectivity index (χ0) is 14.4. The molecule has 0 aliphatic heterocycles. The maximum absolute atomic E-state index is 11.8. The smallest absolute Gasteiger partial charge is 0.347 e. The minimum absolute atomic E-state index is 0.399. The van der Waals surface area contributed by atoms with E-state index in [1.165, 1.54) is 7.11 Å². The van der Waals surface area contributed by atoms with E-state index in [1.54, 1.807) is 24.3 Å².